The molecule has 6 amide bonds. The Labute approximate surface area is 613 Å². The first kappa shape index (κ1) is 78.5. The molecule has 2 atom stereocenters. The fourth-order valence-electron chi connectivity index (χ4n) is 13.2. The van der Waals surface area contributed by atoms with Gasteiger partial charge in [0.05, 0.1) is 67.0 Å². The van der Waals surface area contributed by atoms with Gasteiger partial charge in [-0.3, -0.25) is 48.8 Å². The van der Waals surface area contributed by atoms with Gasteiger partial charge in [0.1, 0.15) is 10.9 Å². The molecule has 7 N–H and O–H groups in total. The summed E-state index contributed by atoms with van der Waals surface area (Å²) in [5, 5.41) is 12.1. The first-order valence-electron chi connectivity index (χ1n) is 34.7. The molecule has 31 heteroatoms. The number of benzene rings is 5. The number of sulfone groups is 1. The van der Waals surface area contributed by atoms with Crippen molar-refractivity contribution < 1.29 is 73.0 Å². The average molecular weight is 1520 g/mol. The van der Waals surface area contributed by atoms with Crippen LogP contribution in [0.3, 0.4) is 0 Å². The van der Waals surface area contributed by atoms with Crippen LogP contribution in [0.4, 0.5) is 30.2 Å². The highest BCUT2D eigenvalue weighted by atomic mass is 35.5. The summed E-state index contributed by atoms with van der Waals surface area (Å²) in [5.74, 6) is -3.14. The summed E-state index contributed by atoms with van der Waals surface area (Å²) in [6.07, 6.45) is 5.91. The molecular formula is C73H89ClF3N11O13S3. The second kappa shape index (κ2) is 35.8. The molecule has 0 saturated carbocycles. The van der Waals surface area contributed by atoms with Crippen molar-refractivity contribution in [2.45, 2.75) is 97.5 Å². The quantitative estimate of drug-likeness (QED) is 0.0128. The fourth-order valence-corrected chi connectivity index (χ4v) is 16.3. The molecule has 104 heavy (non-hydrogen) atoms. The predicted octanol–water partition coefficient (Wildman–Crippen LogP) is 8.38. The first-order valence-corrected chi connectivity index (χ1v) is 39.1. The van der Waals surface area contributed by atoms with Crippen LogP contribution in [0.5, 0.6) is 0 Å². The van der Waals surface area contributed by atoms with Gasteiger partial charge < -0.3 is 45.7 Å². The summed E-state index contributed by atoms with van der Waals surface area (Å²) in [4.78, 5) is 85.4. The van der Waals surface area contributed by atoms with E-state index in [4.69, 9.17) is 31.5 Å². The van der Waals surface area contributed by atoms with E-state index in [9.17, 15) is 58.8 Å². The number of halogens is 4. The summed E-state index contributed by atoms with van der Waals surface area (Å²) < 4.78 is 117. The number of carbonyl (C=O) groups excluding carboxylic acids is 6. The molecule has 0 bridgehead atoms. The molecule has 3 saturated heterocycles. The van der Waals surface area contributed by atoms with Crippen molar-refractivity contribution in [1.29, 1.82) is 0 Å². The standard InChI is InChI=1S/C73H89ClF3N11O13S3/c1-72(2)27-25-59(50-13-17-53(74)18-14-50)52(45-72)47-85-33-35-86(36-34-85)56-19-15-51(16-20-56)68(91)83-104(97,98)58-21-22-61(64(44-58)103(95,96)73(75,76)77)81-55(49-102-57-8-4-3-5-9-57)26-30-84-31-37-87(38-32-84)66(90)12-7-28-79-46-54(78)48-101-43-42-100-41-40-99-39-29-80-62-11-6-10-60-67(62)71(94)88(70(60)93)63-23-24-65(89)82-69(63)92/h3-6,8-11,13-22,44,46,55,63,79-81H,7,12,23-43,45,47-49,78H2,1-2H3,(H,83,91)(H,82,89,92)/b54-46-/t55-,63?/m1/s1. The highest BCUT2D eigenvalue weighted by Crippen LogP contribution is 2.43. The Morgan fingerprint density at radius 1 is 0.779 bits per heavy atom. The number of nitrogens with one attached hydrogen (secondary N) is 5. The highest BCUT2D eigenvalue weighted by molar-refractivity contribution is 7.99. The number of fused-ring (bicyclic) bond motifs is 1. The Morgan fingerprint density at radius 2 is 1.47 bits per heavy atom. The van der Waals surface area contributed by atoms with Crippen molar-refractivity contribution in [2.24, 2.45) is 11.1 Å². The Kier molecular flexibility index (Phi) is 27.0. The minimum atomic E-state index is -6.17. The number of piperidine rings is 1. The number of thioether (sulfide) groups is 1. The number of imide groups is 2. The molecule has 0 aromatic heterocycles. The molecule has 5 aliphatic rings. The highest BCUT2D eigenvalue weighted by Gasteiger charge is 2.49. The van der Waals surface area contributed by atoms with Gasteiger partial charge in [-0.15, -0.1) is 11.8 Å². The van der Waals surface area contributed by atoms with E-state index in [1.54, 1.807) is 35.4 Å². The topological polar surface area (TPSA) is 301 Å². The van der Waals surface area contributed by atoms with E-state index in [2.05, 4.69) is 61.9 Å². The molecule has 1 unspecified atom stereocenters. The van der Waals surface area contributed by atoms with Gasteiger partial charge in [-0.05, 0) is 134 Å². The molecule has 1 aliphatic carbocycles. The molecule has 0 spiro atoms. The third-order valence-corrected chi connectivity index (χ3v) is 23.1. The van der Waals surface area contributed by atoms with Crippen LogP contribution in [0.15, 0.2) is 147 Å². The third kappa shape index (κ3) is 20.9. The van der Waals surface area contributed by atoms with Crippen molar-refractivity contribution in [3.8, 4) is 0 Å². The van der Waals surface area contributed by atoms with Gasteiger partial charge in [-0.2, -0.15) is 13.2 Å². The fraction of sp³-hybridized carbons (Fsp3) is 0.452. The number of allylic oxidation sites excluding steroid dienone is 1. The maximum Gasteiger partial charge on any atom is 0.501 e. The number of hydrogen-bond acceptors (Lipinski definition) is 21. The third-order valence-electron chi connectivity index (χ3n) is 18.8. The predicted molar refractivity (Wildman–Crippen MR) is 391 cm³/mol. The monoisotopic (exact) mass is 1520 g/mol. The number of anilines is 3. The molecule has 3 fully saturated rings. The maximum atomic E-state index is 14.5. The molecule has 10 rings (SSSR count). The number of piperazine rings is 2. The minimum Gasteiger partial charge on any atom is -0.399 e. The lowest BCUT2D eigenvalue weighted by Crippen LogP contribution is -2.54. The number of sulfonamides is 1. The number of hydrogen-bond donors (Lipinski definition) is 6. The van der Waals surface area contributed by atoms with E-state index in [-0.39, 0.29) is 92.7 Å². The summed E-state index contributed by atoms with van der Waals surface area (Å²) >= 11 is 7.62. The van der Waals surface area contributed by atoms with Crippen molar-refractivity contribution in [3.05, 3.63) is 160 Å². The van der Waals surface area contributed by atoms with Gasteiger partial charge in [0.15, 0.2) is 0 Å². The number of ether oxygens (including phenoxy) is 3. The van der Waals surface area contributed by atoms with E-state index in [0.717, 1.165) is 66.5 Å². The van der Waals surface area contributed by atoms with E-state index in [0.29, 0.717) is 94.2 Å². The SMILES string of the molecule is CC1(C)CCC(c2ccc(Cl)cc2)=C(CN2CCN(c3ccc(C(=O)NS(=O)(=O)c4ccc(N[C@H](CCN5CCN(C(=O)CCCN/C=C(\N)COCCOCCOCCNc6cccc7c6C(=O)N(C6CCC(=O)NC6=O)C7=O)CC5)CSc5ccccc5)c(S(=O)(=O)C(F)(F)F)c4)cc3)CC2)C1. The minimum absolute atomic E-state index is 0.0262. The summed E-state index contributed by atoms with van der Waals surface area (Å²) in [7, 11) is -11.1. The lowest BCUT2D eigenvalue weighted by atomic mass is 9.73. The lowest BCUT2D eigenvalue weighted by molar-refractivity contribution is -0.136. The molecule has 560 valence electrons. The molecule has 5 aromatic carbocycles. The number of nitrogens with two attached hydrogens (primary N) is 1. The van der Waals surface area contributed by atoms with Crippen LogP contribution in [-0.2, 0) is 48.5 Å². The van der Waals surface area contributed by atoms with Crippen LogP contribution in [0.1, 0.15) is 102 Å². The molecule has 4 aliphatic heterocycles. The largest absolute Gasteiger partial charge is 0.501 e. The summed E-state index contributed by atoms with van der Waals surface area (Å²) in [6.45, 7) is 13.1. The van der Waals surface area contributed by atoms with Crippen molar-refractivity contribution in [2.75, 3.05) is 139 Å². The Morgan fingerprint density at radius 3 is 2.17 bits per heavy atom. The van der Waals surface area contributed by atoms with Crippen molar-refractivity contribution in [1.82, 2.24) is 35.0 Å². The van der Waals surface area contributed by atoms with Crippen LogP contribution in [-0.4, -0.2) is 213 Å². The Bertz CT molecular complexity index is 4180. The smallest absolute Gasteiger partial charge is 0.399 e. The van der Waals surface area contributed by atoms with Crippen molar-refractivity contribution in [3.63, 3.8) is 0 Å². The van der Waals surface area contributed by atoms with Crippen LogP contribution in [0.25, 0.3) is 5.57 Å². The summed E-state index contributed by atoms with van der Waals surface area (Å²) in [5.41, 5.74) is 6.00. The van der Waals surface area contributed by atoms with Gasteiger partial charge in [-0.25, -0.2) is 21.6 Å². The van der Waals surface area contributed by atoms with Crippen molar-refractivity contribution >= 4 is 101 Å². The second-order valence-corrected chi connectivity index (χ2v) is 32.0. The summed E-state index contributed by atoms with van der Waals surface area (Å²) in [6, 6.07) is 29.1. The number of alkyl halides is 3. The number of amides is 6. The van der Waals surface area contributed by atoms with E-state index < -0.39 is 82.5 Å². The van der Waals surface area contributed by atoms with Gasteiger partial charge >= 0.3 is 5.51 Å². The first-order chi connectivity index (χ1) is 49.7. The molecule has 4 heterocycles. The van der Waals surface area contributed by atoms with E-state index in [1.807, 2.05) is 47.2 Å². The maximum absolute atomic E-state index is 14.5. The van der Waals surface area contributed by atoms with Gasteiger partial charge in [0.2, 0.25) is 17.7 Å². The van der Waals surface area contributed by atoms with Crippen LogP contribution >= 0.6 is 23.4 Å². The number of carbonyl (C=O) groups is 6. The van der Waals surface area contributed by atoms with Crippen LogP contribution < -0.4 is 36.6 Å². The Balaban J connectivity index is 0.630. The lowest BCUT2D eigenvalue weighted by Gasteiger charge is -2.39. The van der Waals surface area contributed by atoms with Gasteiger partial charge in [-0.1, -0.05) is 67.4 Å². The molecule has 24 nitrogen and oxygen atoms in total. The van der Waals surface area contributed by atoms with Gasteiger partial charge in [0, 0.05) is 136 Å². The molecule has 0 radical (unpaired) electrons. The zero-order valence-corrected chi connectivity index (χ0v) is 61.4. The second-order valence-electron chi connectivity index (χ2n) is 26.9. The molecular weight excluding hydrogens is 1430 g/mol. The van der Waals surface area contributed by atoms with Crippen LogP contribution in [0, 0.1) is 5.41 Å². The zero-order valence-electron chi connectivity index (χ0n) is 58.2. The average Bonchev–Trinajstić information content (AvgIpc) is 1.25. The van der Waals surface area contributed by atoms with E-state index in [1.165, 1.54) is 46.7 Å². The van der Waals surface area contributed by atoms with Gasteiger partial charge in [0.25, 0.3) is 37.6 Å². The molecule has 5 aromatic rings. The normalized spacial score (nSPS) is 18.2. The Hall–Kier alpha value is -8.07. The van der Waals surface area contributed by atoms with E-state index >= 15 is 0 Å². The number of rotatable bonds is 34. The van der Waals surface area contributed by atoms with Crippen LogP contribution in [0.2, 0.25) is 5.02 Å². The number of nitrogens with zero attached hydrogens (tertiary/aromatic N) is 5. The zero-order chi connectivity index (χ0) is 74.2.